The first kappa shape index (κ1) is 15.3. The summed E-state index contributed by atoms with van der Waals surface area (Å²) in [7, 11) is 1.98. The molecule has 1 atom stereocenters. The molecule has 2 fully saturated rings. The predicted molar refractivity (Wildman–Crippen MR) is 76.5 cm³/mol. The van der Waals surface area contributed by atoms with Crippen molar-refractivity contribution in [1.82, 2.24) is 10.2 Å². The van der Waals surface area contributed by atoms with Crippen LogP contribution in [0, 0.1) is 0 Å². The second-order valence-electron chi connectivity index (χ2n) is 6.39. The maximum absolute atomic E-state index is 12.5. The minimum atomic E-state index is -0.816. The average Bonchev–Trinajstić information content (AvgIpc) is 2.39. The molecule has 20 heavy (non-hydrogen) atoms. The molecule has 5 nitrogen and oxygen atoms in total. The molecule has 1 aliphatic heterocycles. The molecule has 114 valence electrons. The first-order valence-electron chi connectivity index (χ1n) is 7.76. The summed E-state index contributed by atoms with van der Waals surface area (Å²) in [5.41, 5.74) is -0.514. The van der Waals surface area contributed by atoms with Crippen molar-refractivity contribution < 1.29 is 14.7 Å². The Morgan fingerprint density at radius 2 is 1.90 bits per heavy atom. The molecule has 1 heterocycles. The minimum Gasteiger partial charge on any atom is -0.481 e. The van der Waals surface area contributed by atoms with E-state index in [2.05, 4.69) is 10.2 Å². The van der Waals surface area contributed by atoms with E-state index in [4.69, 9.17) is 5.11 Å². The molecule has 2 N–H and O–H groups in total. The summed E-state index contributed by atoms with van der Waals surface area (Å²) < 4.78 is 0. The molecule has 2 rings (SSSR count). The Hall–Kier alpha value is -1.10. The van der Waals surface area contributed by atoms with Crippen LogP contribution < -0.4 is 5.32 Å². The summed E-state index contributed by atoms with van der Waals surface area (Å²) in [6.45, 7) is 0.948. The highest BCUT2D eigenvalue weighted by molar-refractivity contribution is 5.83. The van der Waals surface area contributed by atoms with Gasteiger partial charge in [-0.05, 0) is 39.3 Å². The van der Waals surface area contributed by atoms with Crippen LogP contribution in [0.25, 0.3) is 0 Å². The van der Waals surface area contributed by atoms with E-state index in [-0.39, 0.29) is 18.4 Å². The van der Waals surface area contributed by atoms with Gasteiger partial charge in [0, 0.05) is 0 Å². The monoisotopic (exact) mass is 282 g/mol. The predicted octanol–water partition coefficient (Wildman–Crippen LogP) is 1.76. The fraction of sp³-hybridized carbons (Fsp3) is 0.867. The number of piperidine rings is 1. The normalized spacial score (nSPS) is 26.9. The second-order valence-corrected chi connectivity index (χ2v) is 6.39. The van der Waals surface area contributed by atoms with Crippen LogP contribution in [0.1, 0.15) is 57.8 Å². The van der Waals surface area contributed by atoms with E-state index >= 15 is 0 Å². The quantitative estimate of drug-likeness (QED) is 0.824. The van der Waals surface area contributed by atoms with E-state index in [1.54, 1.807) is 0 Å². The molecule has 0 radical (unpaired) electrons. The Morgan fingerprint density at radius 1 is 1.20 bits per heavy atom. The van der Waals surface area contributed by atoms with E-state index < -0.39 is 11.5 Å². The smallest absolute Gasteiger partial charge is 0.305 e. The van der Waals surface area contributed by atoms with Crippen molar-refractivity contribution in [2.45, 2.75) is 69.4 Å². The Balaban J connectivity index is 2.02. The van der Waals surface area contributed by atoms with Gasteiger partial charge in [-0.15, -0.1) is 0 Å². The molecule has 2 aliphatic rings. The summed E-state index contributed by atoms with van der Waals surface area (Å²) in [5, 5.41) is 12.2. The third-order valence-electron chi connectivity index (χ3n) is 4.76. The molecule has 0 unspecified atom stereocenters. The van der Waals surface area contributed by atoms with Crippen LogP contribution in [0.2, 0.25) is 0 Å². The van der Waals surface area contributed by atoms with Gasteiger partial charge in [-0.1, -0.05) is 25.7 Å². The molecule has 5 heteroatoms. The van der Waals surface area contributed by atoms with Gasteiger partial charge >= 0.3 is 5.97 Å². The largest absolute Gasteiger partial charge is 0.481 e. The maximum atomic E-state index is 12.5. The molecule has 0 bridgehead atoms. The van der Waals surface area contributed by atoms with Gasteiger partial charge in [0.25, 0.3) is 0 Å². The van der Waals surface area contributed by atoms with E-state index in [0.29, 0.717) is 0 Å². The van der Waals surface area contributed by atoms with Gasteiger partial charge in [0.15, 0.2) is 0 Å². The number of hydrogen-bond acceptors (Lipinski definition) is 3. The standard InChI is InChI=1S/C15H26N2O3/c1-17-10-6-3-7-12(17)14(20)16-15(11-13(18)19)8-4-2-5-9-15/h12H,2-11H2,1H3,(H,16,20)(H,18,19)/t12-/m0/s1. The summed E-state index contributed by atoms with van der Waals surface area (Å²) in [5.74, 6) is -0.792. The molecular weight excluding hydrogens is 256 g/mol. The second kappa shape index (κ2) is 6.57. The molecule has 0 spiro atoms. The van der Waals surface area contributed by atoms with E-state index in [1.807, 2.05) is 7.05 Å². The van der Waals surface area contributed by atoms with E-state index in [9.17, 15) is 9.59 Å². The highest BCUT2D eigenvalue weighted by atomic mass is 16.4. The number of nitrogens with zero attached hydrogens (tertiary/aromatic N) is 1. The highest BCUT2D eigenvalue weighted by Crippen LogP contribution is 2.31. The molecule has 1 saturated carbocycles. The first-order chi connectivity index (χ1) is 9.52. The molecule has 1 aliphatic carbocycles. The molecule has 0 aromatic carbocycles. The first-order valence-corrected chi connectivity index (χ1v) is 7.76. The van der Waals surface area contributed by atoms with E-state index in [0.717, 1.165) is 57.9 Å². The summed E-state index contributed by atoms with van der Waals surface area (Å²) in [4.78, 5) is 25.7. The van der Waals surface area contributed by atoms with Gasteiger partial charge in [-0.2, -0.15) is 0 Å². The van der Waals surface area contributed by atoms with Gasteiger partial charge in [0.1, 0.15) is 0 Å². The number of carboxylic acid groups (broad SMARTS) is 1. The number of amides is 1. The third-order valence-corrected chi connectivity index (χ3v) is 4.76. The van der Waals surface area contributed by atoms with Crippen LogP contribution in [0.15, 0.2) is 0 Å². The van der Waals surface area contributed by atoms with Crippen LogP contribution in [0.5, 0.6) is 0 Å². The Kier molecular flexibility index (Phi) is 5.02. The lowest BCUT2D eigenvalue weighted by molar-refractivity contribution is -0.140. The van der Waals surface area contributed by atoms with Crippen molar-refractivity contribution >= 4 is 11.9 Å². The summed E-state index contributed by atoms with van der Waals surface area (Å²) in [6, 6.07) is -0.0867. The van der Waals surface area contributed by atoms with Crippen LogP contribution in [-0.2, 0) is 9.59 Å². The zero-order valence-corrected chi connectivity index (χ0v) is 12.4. The van der Waals surface area contributed by atoms with Crippen molar-refractivity contribution in [3.05, 3.63) is 0 Å². The number of carbonyl (C=O) groups excluding carboxylic acids is 1. The van der Waals surface area contributed by atoms with Crippen molar-refractivity contribution in [3.63, 3.8) is 0 Å². The summed E-state index contributed by atoms with van der Waals surface area (Å²) in [6.07, 6.45) is 7.89. The Bertz CT molecular complexity index is 364. The third kappa shape index (κ3) is 3.72. The number of likely N-dealkylation sites (N-methyl/N-ethyl adjacent to an activating group) is 1. The fourth-order valence-corrected chi connectivity index (χ4v) is 3.62. The number of carboxylic acids is 1. The van der Waals surface area contributed by atoms with Gasteiger partial charge in [0.05, 0.1) is 18.0 Å². The lowest BCUT2D eigenvalue weighted by atomic mass is 9.79. The van der Waals surface area contributed by atoms with Crippen LogP contribution in [0.3, 0.4) is 0 Å². The number of carbonyl (C=O) groups is 2. The lowest BCUT2D eigenvalue weighted by Crippen LogP contribution is -2.57. The van der Waals surface area contributed by atoms with Crippen LogP contribution in [-0.4, -0.2) is 47.1 Å². The fourth-order valence-electron chi connectivity index (χ4n) is 3.62. The SMILES string of the molecule is CN1CCCC[C@H]1C(=O)NC1(CC(=O)O)CCCCC1. The van der Waals surface area contributed by atoms with Gasteiger partial charge in [0.2, 0.25) is 5.91 Å². The molecule has 0 aromatic rings. The molecule has 0 aromatic heterocycles. The van der Waals surface area contributed by atoms with Gasteiger partial charge < -0.3 is 10.4 Å². The zero-order chi connectivity index (χ0) is 14.6. The number of aliphatic carboxylic acids is 1. The minimum absolute atomic E-state index is 0.0235. The summed E-state index contributed by atoms with van der Waals surface area (Å²) >= 11 is 0. The van der Waals surface area contributed by atoms with Crippen molar-refractivity contribution in [1.29, 1.82) is 0 Å². The van der Waals surface area contributed by atoms with Crippen LogP contribution in [0.4, 0.5) is 0 Å². The van der Waals surface area contributed by atoms with Gasteiger partial charge in [-0.25, -0.2) is 0 Å². The van der Waals surface area contributed by atoms with E-state index in [1.165, 1.54) is 0 Å². The highest BCUT2D eigenvalue weighted by Gasteiger charge is 2.38. The number of likely N-dealkylation sites (tertiary alicyclic amines) is 1. The zero-order valence-electron chi connectivity index (χ0n) is 12.4. The number of hydrogen-bond donors (Lipinski definition) is 2. The molecule has 1 saturated heterocycles. The molecule has 1 amide bonds. The number of nitrogens with one attached hydrogen (secondary N) is 1. The van der Waals surface area contributed by atoms with Crippen molar-refractivity contribution in [2.75, 3.05) is 13.6 Å². The average molecular weight is 282 g/mol. The van der Waals surface area contributed by atoms with Crippen molar-refractivity contribution in [3.8, 4) is 0 Å². The maximum Gasteiger partial charge on any atom is 0.305 e. The Morgan fingerprint density at radius 3 is 2.50 bits per heavy atom. The van der Waals surface area contributed by atoms with Gasteiger partial charge in [-0.3, -0.25) is 14.5 Å². The number of rotatable bonds is 4. The molecular formula is C15H26N2O3. The van der Waals surface area contributed by atoms with Crippen LogP contribution >= 0.6 is 0 Å². The van der Waals surface area contributed by atoms with Crippen molar-refractivity contribution in [2.24, 2.45) is 0 Å². The topological polar surface area (TPSA) is 69.6 Å². The lowest BCUT2D eigenvalue weighted by Gasteiger charge is -2.40. The Labute approximate surface area is 120 Å².